The molecule has 0 saturated carbocycles. The summed E-state index contributed by atoms with van der Waals surface area (Å²) in [4.78, 5) is 0. The first-order valence-corrected chi connectivity index (χ1v) is 10.5. The molecular formula is C22H20Cl2INO2. The summed E-state index contributed by atoms with van der Waals surface area (Å²) >= 11 is 14.5. The molecule has 3 aromatic rings. The molecule has 0 aromatic heterocycles. The van der Waals surface area contributed by atoms with E-state index in [0.717, 1.165) is 20.4 Å². The summed E-state index contributed by atoms with van der Waals surface area (Å²) in [6, 6.07) is 17.8. The van der Waals surface area contributed by atoms with E-state index < -0.39 is 0 Å². The monoisotopic (exact) mass is 527 g/mol. The van der Waals surface area contributed by atoms with Gasteiger partial charge in [-0.05, 0) is 71.5 Å². The van der Waals surface area contributed by atoms with Crippen LogP contribution in [0.2, 0.25) is 10.0 Å². The molecule has 1 N–H and O–H groups in total. The van der Waals surface area contributed by atoms with Crippen molar-refractivity contribution in [1.29, 1.82) is 0 Å². The van der Waals surface area contributed by atoms with Gasteiger partial charge in [-0.2, -0.15) is 0 Å². The Morgan fingerprint density at radius 2 is 1.75 bits per heavy atom. The number of aryl methyl sites for hydroxylation is 1. The van der Waals surface area contributed by atoms with Crippen LogP contribution in [0.15, 0.2) is 54.6 Å². The van der Waals surface area contributed by atoms with Crippen molar-refractivity contribution in [2.45, 2.75) is 20.1 Å². The third-order valence-electron chi connectivity index (χ3n) is 4.22. The predicted octanol–water partition coefficient (Wildman–Crippen LogP) is 7.11. The lowest BCUT2D eigenvalue weighted by molar-refractivity contribution is 0.282. The van der Waals surface area contributed by atoms with E-state index in [1.165, 1.54) is 5.56 Å². The lowest BCUT2D eigenvalue weighted by atomic mass is 10.2. The van der Waals surface area contributed by atoms with Gasteiger partial charge in [-0.3, -0.25) is 0 Å². The molecule has 0 unspecified atom stereocenters. The van der Waals surface area contributed by atoms with Crippen molar-refractivity contribution in [2.24, 2.45) is 0 Å². The highest BCUT2D eigenvalue weighted by Gasteiger charge is 2.13. The van der Waals surface area contributed by atoms with Crippen LogP contribution >= 0.6 is 45.8 Å². The van der Waals surface area contributed by atoms with Gasteiger partial charge in [-0.15, -0.1) is 0 Å². The number of halogens is 3. The van der Waals surface area contributed by atoms with Crippen molar-refractivity contribution in [3.8, 4) is 11.5 Å². The molecule has 0 fully saturated rings. The van der Waals surface area contributed by atoms with Crippen LogP contribution in [0.1, 0.15) is 16.7 Å². The van der Waals surface area contributed by atoms with Gasteiger partial charge in [0.1, 0.15) is 6.61 Å². The van der Waals surface area contributed by atoms with E-state index in [-0.39, 0.29) is 0 Å². The molecule has 0 radical (unpaired) electrons. The first-order valence-electron chi connectivity index (χ1n) is 8.70. The van der Waals surface area contributed by atoms with E-state index in [2.05, 4.69) is 65.2 Å². The highest BCUT2D eigenvalue weighted by Crippen LogP contribution is 2.35. The molecule has 3 nitrogen and oxygen atoms in total. The second-order valence-corrected chi connectivity index (χ2v) is 8.36. The number of benzene rings is 3. The summed E-state index contributed by atoms with van der Waals surface area (Å²) in [5, 5.41) is 4.61. The third kappa shape index (κ3) is 5.46. The quantitative estimate of drug-likeness (QED) is 0.332. The molecule has 0 amide bonds. The second-order valence-electron chi connectivity index (χ2n) is 6.35. The summed E-state index contributed by atoms with van der Waals surface area (Å²) in [6.07, 6.45) is 0. The predicted molar refractivity (Wildman–Crippen MR) is 125 cm³/mol. The van der Waals surface area contributed by atoms with E-state index in [1.54, 1.807) is 19.2 Å². The van der Waals surface area contributed by atoms with E-state index >= 15 is 0 Å². The van der Waals surface area contributed by atoms with Crippen LogP contribution < -0.4 is 14.8 Å². The minimum absolute atomic E-state index is 0.337. The topological polar surface area (TPSA) is 30.5 Å². The van der Waals surface area contributed by atoms with Crippen molar-refractivity contribution < 1.29 is 9.47 Å². The Kier molecular flexibility index (Phi) is 7.32. The van der Waals surface area contributed by atoms with Gasteiger partial charge in [0.25, 0.3) is 0 Å². The molecule has 0 heterocycles. The van der Waals surface area contributed by atoms with Crippen LogP contribution in [0.5, 0.6) is 11.5 Å². The molecule has 0 aliphatic heterocycles. The summed E-state index contributed by atoms with van der Waals surface area (Å²) in [6.45, 7) is 3.11. The minimum atomic E-state index is 0.337. The second kappa shape index (κ2) is 9.72. The smallest absolute Gasteiger partial charge is 0.174 e. The Hall–Kier alpha value is -1.63. The van der Waals surface area contributed by atoms with E-state index in [9.17, 15) is 0 Å². The van der Waals surface area contributed by atoms with Gasteiger partial charge in [-0.25, -0.2) is 0 Å². The van der Waals surface area contributed by atoms with Crippen LogP contribution in [0.25, 0.3) is 0 Å². The number of anilines is 1. The molecule has 0 atom stereocenters. The number of methoxy groups -OCH3 is 1. The average Bonchev–Trinajstić information content (AvgIpc) is 2.67. The summed E-state index contributed by atoms with van der Waals surface area (Å²) in [5.41, 5.74) is 4.30. The molecule has 3 aromatic carbocycles. The fourth-order valence-electron chi connectivity index (χ4n) is 2.68. The molecule has 28 heavy (non-hydrogen) atoms. The minimum Gasteiger partial charge on any atom is -0.493 e. The molecule has 6 heteroatoms. The van der Waals surface area contributed by atoms with Crippen LogP contribution in [0.4, 0.5) is 5.69 Å². The zero-order valence-electron chi connectivity index (χ0n) is 15.6. The van der Waals surface area contributed by atoms with Crippen molar-refractivity contribution >= 4 is 51.5 Å². The fourth-order valence-corrected chi connectivity index (χ4v) is 3.96. The first-order chi connectivity index (χ1) is 13.5. The van der Waals surface area contributed by atoms with Crippen molar-refractivity contribution in [3.05, 3.63) is 84.9 Å². The Morgan fingerprint density at radius 3 is 2.43 bits per heavy atom. The fraction of sp³-hybridized carbons (Fsp3) is 0.182. The van der Waals surface area contributed by atoms with Gasteiger partial charge >= 0.3 is 0 Å². The first kappa shape index (κ1) is 21.1. The van der Waals surface area contributed by atoms with Gasteiger partial charge in [0.05, 0.1) is 10.7 Å². The average molecular weight is 528 g/mol. The Labute approximate surface area is 189 Å². The van der Waals surface area contributed by atoms with Crippen LogP contribution in [0.3, 0.4) is 0 Å². The standard InChI is InChI=1S/C22H20Cl2INO2/c1-14-3-7-18(8-4-14)26-12-15-9-20(25)22(21(10-15)27-2)28-13-16-5-6-17(23)11-19(16)24/h3-11,26H,12-13H2,1-2H3. The Balaban J connectivity index is 1.72. The summed E-state index contributed by atoms with van der Waals surface area (Å²) in [5.74, 6) is 1.39. The third-order valence-corrected chi connectivity index (χ3v) is 5.61. The van der Waals surface area contributed by atoms with Crippen LogP contribution in [0, 0.1) is 10.5 Å². The highest BCUT2D eigenvalue weighted by molar-refractivity contribution is 14.1. The van der Waals surface area contributed by atoms with Gasteiger partial charge in [0.15, 0.2) is 11.5 Å². The number of ether oxygens (including phenoxy) is 2. The van der Waals surface area contributed by atoms with Gasteiger partial charge in [-0.1, -0.05) is 47.0 Å². The maximum Gasteiger partial charge on any atom is 0.174 e. The number of hydrogen-bond donors (Lipinski definition) is 1. The SMILES string of the molecule is COc1cc(CNc2ccc(C)cc2)cc(I)c1OCc1ccc(Cl)cc1Cl. The van der Waals surface area contributed by atoms with Crippen molar-refractivity contribution in [1.82, 2.24) is 0 Å². The molecule has 0 aliphatic carbocycles. The van der Waals surface area contributed by atoms with Gasteiger partial charge in [0.2, 0.25) is 0 Å². The molecule has 0 bridgehead atoms. The zero-order chi connectivity index (χ0) is 20.1. The Bertz CT molecular complexity index is 961. The maximum absolute atomic E-state index is 6.24. The lowest BCUT2D eigenvalue weighted by Crippen LogP contribution is -2.04. The Morgan fingerprint density at radius 1 is 1.00 bits per heavy atom. The molecule has 146 valence electrons. The normalized spacial score (nSPS) is 10.6. The number of hydrogen-bond acceptors (Lipinski definition) is 3. The number of rotatable bonds is 7. The summed E-state index contributed by atoms with van der Waals surface area (Å²) in [7, 11) is 1.64. The molecule has 0 aliphatic rings. The molecular weight excluding hydrogens is 508 g/mol. The highest BCUT2D eigenvalue weighted by atomic mass is 127. The van der Waals surface area contributed by atoms with Crippen molar-refractivity contribution in [2.75, 3.05) is 12.4 Å². The van der Waals surface area contributed by atoms with Gasteiger partial charge < -0.3 is 14.8 Å². The lowest BCUT2D eigenvalue weighted by Gasteiger charge is -2.16. The van der Waals surface area contributed by atoms with Gasteiger partial charge in [0, 0.05) is 27.8 Å². The van der Waals surface area contributed by atoms with E-state index in [0.29, 0.717) is 34.7 Å². The number of nitrogens with one attached hydrogen (secondary N) is 1. The molecule has 0 spiro atoms. The van der Waals surface area contributed by atoms with E-state index in [1.807, 2.05) is 12.1 Å². The summed E-state index contributed by atoms with van der Waals surface area (Å²) < 4.78 is 12.6. The van der Waals surface area contributed by atoms with Crippen molar-refractivity contribution in [3.63, 3.8) is 0 Å². The molecule has 0 saturated heterocycles. The van der Waals surface area contributed by atoms with E-state index in [4.69, 9.17) is 32.7 Å². The maximum atomic E-state index is 6.24. The van der Waals surface area contributed by atoms with Crippen LogP contribution in [-0.2, 0) is 13.2 Å². The largest absolute Gasteiger partial charge is 0.493 e. The van der Waals surface area contributed by atoms with Crippen LogP contribution in [-0.4, -0.2) is 7.11 Å². The zero-order valence-corrected chi connectivity index (χ0v) is 19.2. The molecule has 3 rings (SSSR count).